The van der Waals surface area contributed by atoms with Gasteiger partial charge in [-0.05, 0) is 37.4 Å². The Labute approximate surface area is 102 Å². The van der Waals surface area contributed by atoms with Crippen LogP contribution in [0.2, 0.25) is 0 Å². The maximum Gasteiger partial charge on any atom is 0.231 e. The zero-order valence-electron chi connectivity index (χ0n) is 10.2. The molecule has 0 radical (unpaired) electrons. The van der Waals surface area contributed by atoms with Gasteiger partial charge in [-0.15, -0.1) is 0 Å². The van der Waals surface area contributed by atoms with E-state index < -0.39 is 0 Å². The average Bonchev–Trinajstić information content (AvgIpc) is 2.89. The highest BCUT2D eigenvalue weighted by Gasteiger charge is 2.30. The number of hydrogen-bond acceptors (Lipinski definition) is 2. The monoisotopic (exact) mass is 230 g/mol. The van der Waals surface area contributed by atoms with Gasteiger partial charge in [-0.2, -0.15) is 0 Å². The van der Waals surface area contributed by atoms with Crippen molar-refractivity contribution in [2.75, 3.05) is 18.0 Å². The molecule has 1 amide bonds. The van der Waals surface area contributed by atoms with Crippen LogP contribution in [-0.2, 0) is 11.2 Å². The summed E-state index contributed by atoms with van der Waals surface area (Å²) in [7, 11) is 0. The van der Waals surface area contributed by atoms with E-state index >= 15 is 0 Å². The third-order valence-electron chi connectivity index (χ3n) is 3.80. The van der Waals surface area contributed by atoms with Crippen LogP contribution in [0.25, 0.3) is 0 Å². The first kappa shape index (κ1) is 10.8. The van der Waals surface area contributed by atoms with Crippen molar-refractivity contribution in [2.24, 2.45) is 0 Å². The number of rotatable bonds is 2. The Bertz CT molecular complexity index is 450. The predicted molar refractivity (Wildman–Crippen MR) is 68.3 cm³/mol. The molecule has 17 heavy (non-hydrogen) atoms. The van der Waals surface area contributed by atoms with E-state index in [0.717, 1.165) is 18.8 Å². The van der Waals surface area contributed by atoms with Crippen LogP contribution >= 0.6 is 0 Å². The minimum absolute atomic E-state index is 0.253. The molecule has 1 fully saturated rings. The lowest BCUT2D eigenvalue weighted by atomic mass is 10.1. The van der Waals surface area contributed by atoms with Crippen molar-refractivity contribution in [1.82, 2.24) is 5.32 Å². The Kier molecular flexibility index (Phi) is 2.63. The molecular formula is C14H18N2O. The zero-order chi connectivity index (χ0) is 11.8. The van der Waals surface area contributed by atoms with E-state index in [1.807, 2.05) is 11.0 Å². The summed E-state index contributed by atoms with van der Waals surface area (Å²) in [5.74, 6) is 0.253. The van der Waals surface area contributed by atoms with Crippen molar-refractivity contribution in [3.8, 4) is 0 Å². The molecule has 0 saturated carbocycles. The largest absolute Gasteiger partial charge is 0.312 e. The van der Waals surface area contributed by atoms with Crippen molar-refractivity contribution < 1.29 is 4.79 Å². The zero-order valence-corrected chi connectivity index (χ0v) is 10.2. The van der Waals surface area contributed by atoms with E-state index in [1.165, 1.54) is 24.0 Å². The molecule has 1 aromatic carbocycles. The first-order chi connectivity index (χ1) is 8.25. The summed E-state index contributed by atoms with van der Waals surface area (Å²) in [6.45, 7) is 4.01. The number of carbonyl (C=O) groups is 1. The van der Waals surface area contributed by atoms with Gasteiger partial charge in [-0.1, -0.05) is 18.2 Å². The quantitative estimate of drug-likeness (QED) is 0.837. The van der Waals surface area contributed by atoms with E-state index in [-0.39, 0.29) is 5.91 Å². The van der Waals surface area contributed by atoms with Gasteiger partial charge >= 0.3 is 0 Å². The molecule has 2 aliphatic heterocycles. The molecule has 3 rings (SSSR count). The summed E-state index contributed by atoms with van der Waals surface area (Å²) in [6, 6.07) is 6.68. The van der Waals surface area contributed by atoms with Crippen molar-refractivity contribution in [3.63, 3.8) is 0 Å². The molecule has 3 nitrogen and oxygen atoms in total. The number of nitrogens with one attached hydrogen (secondary N) is 1. The molecule has 1 N–H and O–H groups in total. The van der Waals surface area contributed by atoms with E-state index in [1.54, 1.807) is 0 Å². The van der Waals surface area contributed by atoms with Crippen LogP contribution < -0.4 is 10.2 Å². The highest BCUT2D eigenvalue weighted by Crippen LogP contribution is 2.32. The first-order valence-electron chi connectivity index (χ1n) is 6.38. The second kappa shape index (κ2) is 4.15. The Morgan fingerprint density at radius 3 is 3.12 bits per heavy atom. The van der Waals surface area contributed by atoms with Gasteiger partial charge in [-0.3, -0.25) is 4.79 Å². The molecule has 2 aliphatic rings. The maximum atomic E-state index is 12.1. The van der Waals surface area contributed by atoms with E-state index in [2.05, 4.69) is 24.4 Å². The van der Waals surface area contributed by atoms with Crippen LogP contribution in [0, 0.1) is 6.92 Å². The number of amides is 1. The molecule has 2 heterocycles. The third-order valence-corrected chi connectivity index (χ3v) is 3.80. The summed E-state index contributed by atoms with van der Waals surface area (Å²) in [6.07, 6.45) is 2.99. The summed E-state index contributed by atoms with van der Waals surface area (Å²) < 4.78 is 0. The van der Waals surface area contributed by atoms with Crippen molar-refractivity contribution >= 4 is 11.6 Å². The molecule has 0 bridgehead atoms. The first-order valence-corrected chi connectivity index (χ1v) is 6.38. The highest BCUT2D eigenvalue weighted by molar-refractivity contribution is 6.02. The summed E-state index contributed by atoms with van der Waals surface area (Å²) in [4.78, 5) is 14.0. The van der Waals surface area contributed by atoms with Crippen molar-refractivity contribution in [1.29, 1.82) is 0 Å². The summed E-state index contributed by atoms with van der Waals surface area (Å²) in [5, 5.41) is 3.46. The Balaban J connectivity index is 1.88. The second-order valence-electron chi connectivity index (χ2n) is 5.06. The van der Waals surface area contributed by atoms with Gasteiger partial charge in [0.1, 0.15) is 0 Å². The fourth-order valence-corrected chi connectivity index (χ4v) is 2.96. The fraction of sp³-hybridized carbons (Fsp3) is 0.500. The predicted octanol–water partition coefficient (Wildman–Crippen LogP) is 1.64. The van der Waals surface area contributed by atoms with Crippen LogP contribution in [0.4, 0.5) is 5.69 Å². The maximum absolute atomic E-state index is 12.1. The number of nitrogens with zero attached hydrogens (tertiary/aromatic N) is 1. The van der Waals surface area contributed by atoms with Gasteiger partial charge in [0.2, 0.25) is 5.91 Å². The molecule has 90 valence electrons. The smallest absolute Gasteiger partial charge is 0.231 e. The fourth-order valence-electron chi connectivity index (χ4n) is 2.96. The Hall–Kier alpha value is -1.35. The molecule has 3 heteroatoms. The lowest BCUT2D eigenvalue weighted by Gasteiger charge is -2.23. The number of aryl methyl sites for hydroxylation is 1. The number of benzene rings is 1. The molecule has 1 unspecified atom stereocenters. The van der Waals surface area contributed by atoms with Gasteiger partial charge < -0.3 is 10.2 Å². The Morgan fingerprint density at radius 2 is 2.35 bits per heavy atom. The number of carbonyl (C=O) groups excluding carboxylic acids is 1. The molecule has 1 atom stereocenters. The number of fused-ring (bicyclic) bond motifs is 1. The van der Waals surface area contributed by atoms with E-state index in [4.69, 9.17) is 0 Å². The van der Waals surface area contributed by atoms with Crippen LogP contribution in [0.3, 0.4) is 0 Å². The van der Waals surface area contributed by atoms with E-state index in [0.29, 0.717) is 12.5 Å². The lowest BCUT2D eigenvalue weighted by Crippen LogP contribution is -2.39. The minimum atomic E-state index is 0.253. The highest BCUT2D eigenvalue weighted by atomic mass is 16.2. The van der Waals surface area contributed by atoms with Gasteiger partial charge in [-0.25, -0.2) is 0 Å². The summed E-state index contributed by atoms with van der Waals surface area (Å²) in [5.41, 5.74) is 3.56. The topological polar surface area (TPSA) is 32.3 Å². The molecule has 0 aromatic heterocycles. The normalized spacial score (nSPS) is 23.2. The SMILES string of the molecule is Cc1cccc2c1N(CC1CCCN1)C(=O)C2. The second-order valence-corrected chi connectivity index (χ2v) is 5.06. The lowest BCUT2D eigenvalue weighted by molar-refractivity contribution is -0.117. The molecule has 1 saturated heterocycles. The molecular weight excluding hydrogens is 212 g/mol. The minimum Gasteiger partial charge on any atom is -0.312 e. The molecule has 0 aliphatic carbocycles. The van der Waals surface area contributed by atoms with Gasteiger partial charge in [0, 0.05) is 12.6 Å². The van der Waals surface area contributed by atoms with Crippen LogP contribution in [0.15, 0.2) is 18.2 Å². The standard InChI is InChI=1S/C14H18N2O/c1-10-4-2-5-11-8-13(17)16(14(10)11)9-12-6-3-7-15-12/h2,4-5,12,15H,3,6-9H2,1H3. The third kappa shape index (κ3) is 1.84. The average molecular weight is 230 g/mol. The van der Waals surface area contributed by atoms with Crippen LogP contribution in [0.1, 0.15) is 24.0 Å². The molecule has 0 spiro atoms. The molecule has 1 aromatic rings. The number of anilines is 1. The van der Waals surface area contributed by atoms with Gasteiger partial charge in [0.05, 0.1) is 12.1 Å². The van der Waals surface area contributed by atoms with Gasteiger partial charge in [0.15, 0.2) is 0 Å². The van der Waals surface area contributed by atoms with Crippen molar-refractivity contribution in [3.05, 3.63) is 29.3 Å². The Morgan fingerprint density at radius 1 is 1.47 bits per heavy atom. The summed E-state index contributed by atoms with van der Waals surface area (Å²) >= 11 is 0. The van der Waals surface area contributed by atoms with Crippen LogP contribution in [-0.4, -0.2) is 25.0 Å². The number of para-hydroxylation sites is 1. The number of hydrogen-bond donors (Lipinski definition) is 1. The van der Waals surface area contributed by atoms with Gasteiger partial charge in [0.25, 0.3) is 0 Å². The van der Waals surface area contributed by atoms with Crippen LogP contribution in [0.5, 0.6) is 0 Å². The van der Waals surface area contributed by atoms with Crippen molar-refractivity contribution in [2.45, 2.75) is 32.2 Å². The van der Waals surface area contributed by atoms with E-state index in [9.17, 15) is 4.79 Å².